The number of benzene rings is 1. The molecule has 19 heavy (non-hydrogen) atoms. The third kappa shape index (κ3) is 3.35. The number of nitrogens with zero attached hydrogens (tertiary/aromatic N) is 1. The normalized spacial score (nSPS) is 10.4. The van der Waals surface area contributed by atoms with Crippen molar-refractivity contribution in [3.8, 4) is 0 Å². The van der Waals surface area contributed by atoms with Gasteiger partial charge >= 0.3 is 5.97 Å². The number of hydrogen-bond acceptors (Lipinski definition) is 3. The van der Waals surface area contributed by atoms with E-state index in [9.17, 15) is 4.79 Å². The Morgan fingerprint density at radius 3 is 2.42 bits per heavy atom. The Hall–Kier alpha value is -1.81. The zero-order valence-electron chi connectivity index (χ0n) is 11.1. The summed E-state index contributed by atoms with van der Waals surface area (Å²) in [7, 11) is 0. The molecule has 0 unspecified atom stereocenters. The molecule has 2 aromatic rings. The lowest BCUT2D eigenvalue weighted by Crippen LogP contribution is -2.21. The first-order chi connectivity index (χ1) is 9.10. The number of hydrogen-bond donors (Lipinski definition) is 1. The number of thiophene rings is 1. The van der Waals surface area contributed by atoms with Crippen LogP contribution in [0.4, 0.5) is 5.69 Å². The summed E-state index contributed by atoms with van der Waals surface area (Å²) in [5, 5.41) is 8.93. The van der Waals surface area contributed by atoms with E-state index >= 15 is 0 Å². The molecule has 0 aliphatic heterocycles. The van der Waals surface area contributed by atoms with Crippen molar-refractivity contribution in [3.63, 3.8) is 0 Å². The Labute approximate surface area is 117 Å². The number of rotatable bonds is 5. The number of carboxylic acids is 1. The molecule has 3 nitrogen and oxygen atoms in total. The molecule has 0 radical (unpaired) electrons. The Balaban J connectivity index is 2.14. The van der Waals surface area contributed by atoms with Crippen molar-refractivity contribution in [2.45, 2.75) is 20.4 Å². The summed E-state index contributed by atoms with van der Waals surface area (Å²) in [6, 6.07) is 12.0. The quantitative estimate of drug-likeness (QED) is 0.902. The molecule has 100 valence electrons. The molecule has 1 heterocycles. The lowest BCUT2D eigenvalue weighted by Gasteiger charge is -2.22. The molecule has 0 bridgehead atoms. The van der Waals surface area contributed by atoms with Gasteiger partial charge in [0.1, 0.15) is 4.88 Å². The second-order valence-corrected chi connectivity index (χ2v) is 5.59. The van der Waals surface area contributed by atoms with E-state index in [0.29, 0.717) is 4.88 Å². The fraction of sp³-hybridized carbons (Fsp3) is 0.267. The number of carboxylic acid groups (broad SMARTS) is 1. The molecule has 0 spiro atoms. The van der Waals surface area contributed by atoms with Gasteiger partial charge in [0.25, 0.3) is 0 Å². The highest BCUT2D eigenvalue weighted by atomic mass is 32.1. The van der Waals surface area contributed by atoms with Crippen molar-refractivity contribution < 1.29 is 9.90 Å². The Morgan fingerprint density at radius 2 is 1.89 bits per heavy atom. The molecule has 0 saturated heterocycles. The van der Waals surface area contributed by atoms with E-state index in [4.69, 9.17) is 5.11 Å². The average Bonchev–Trinajstić information content (AvgIpc) is 2.86. The fourth-order valence-corrected chi connectivity index (χ4v) is 2.77. The Kier molecular flexibility index (Phi) is 4.22. The number of aryl methyl sites for hydroxylation is 1. The maximum Gasteiger partial charge on any atom is 0.345 e. The van der Waals surface area contributed by atoms with Gasteiger partial charge in [0, 0.05) is 17.1 Å². The molecule has 4 heteroatoms. The van der Waals surface area contributed by atoms with Gasteiger partial charge in [-0.25, -0.2) is 4.79 Å². The lowest BCUT2D eigenvalue weighted by atomic mass is 10.2. The largest absolute Gasteiger partial charge is 0.477 e. The summed E-state index contributed by atoms with van der Waals surface area (Å²) in [5.74, 6) is -0.852. The molecule has 0 aliphatic carbocycles. The van der Waals surface area contributed by atoms with Gasteiger partial charge < -0.3 is 10.0 Å². The van der Waals surface area contributed by atoms with Crippen molar-refractivity contribution in [1.29, 1.82) is 0 Å². The molecule has 1 aromatic carbocycles. The molecular weight excluding hydrogens is 258 g/mol. The highest BCUT2D eigenvalue weighted by molar-refractivity contribution is 7.13. The minimum absolute atomic E-state index is 0.398. The summed E-state index contributed by atoms with van der Waals surface area (Å²) >= 11 is 1.34. The summed E-state index contributed by atoms with van der Waals surface area (Å²) in [4.78, 5) is 14.6. The first kappa shape index (κ1) is 13.6. The van der Waals surface area contributed by atoms with Crippen LogP contribution in [0.3, 0.4) is 0 Å². The highest BCUT2D eigenvalue weighted by Crippen LogP contribution is 2.22. The third-order valence-corrected chi connectivity index (χ3v) is 4.06. The van der Waals surface area contributed by atoms with Gasteiger partial charge in [0.05, 0.1) is 6.54 Å². The predicted molar refractivity (Wildman–Crippen MR) is 79.2 cm³/mol. The van der Waals surface area contributed by atoms with E-state index in [1.165, 1.54) is 22.6 Å². The van der Waals surface area contributed by atoms with Crippen LogP contribution >= 0.6 is 11.3 Å². The first-order valence-electron chi connectivity index (χ1n) is 6.23. The smallest absolute Gasteiger partial charge is 0.345 e. The van der Waals surface area contributed by atoms with Crippen molar-refractivity contribution >= 4 is 23.0 Å². The summed E-state index contributed by atoms with van der Waals surface area (Å²) in [5.41, 5.74) is 2.41. The van der Waals surface area contributed by atoms with Gasteiger partial charge in [-0.1, -0.05) is 17.7 Å². The van der Waals surface area contributed by atoms with E-state index in [0.717, 1.165) is 18.0 Å². The van der Waals surface area contributed by atoms with Gasteiger partial charge in [-0.3, -0.25) is 0 Å². The van der Waals surface area contributed by atoms with Crippen molar-refractivity contribution in [2.75, 3.05) is 11.4 Å². The van der Waals surface area contributed by atoms with E-state index in [-0.39, 0.29) is 0 Å². The van der Waals surface area contributed by atoms with Crippen LogP contribution in [0.25, 0.3) is 0 Å². The van der Waals surface area contributed by atoms with Gasteiger partial charge in [-0.15, -0.1) is 11.3 Å². The van der Waals surface area contributed by atoms with Crippen molar-refractivity contribution in [1.82, 2.24) is 0 Å². The lowest BCUT2D eigenvalue weighted by molar-refractivity contribution is 0.0702. The molecule has 2 rings (SSSR count). The SMILES string of the molecule is CCN(Cc1ccc(C(=O)O)s1)c1ccc(C)cc1. The van der Waals surface area contributed by atoms with Crippen LogP contribution in [-0.2, 0) is 6.54 Å². The molecule has 0 atom stereocenters. The van der Waals surface area contributed by atoms with Gasteiger partial charge in [0.2, 0.25) is 0 Å². The molecule has 0 fully saturated rings. The van der Waals surface area contributed by atoms with Crippen LogP contribution in [0, 0.1) is 6.92 Å². The van der Waals surface area contributed by atoms with Gasteiger partial charge in [0.15, 0.2) is 0 Å². The highest BCUT2D eigenvalue weighted by Gasteiger charge is 2.10. The number of anilines is 1. The minimum atomic E-state index is -0.852. The monoisotopic (exact) mass is 275 g/mol. The first-order valence-corrected chi connectivity index (χ1v) is 7.05. The topological polar surface area (TPSA) is 40.5 Å². The van der Waals surface area contributed by atoms with Gasteiger partial charge in [-0.05, 0) is 38.1 Å². The van der Waals surface area contributed by atoms with Crippen LogP contribution in [0.5, 0.6) is 0 Å². The number of aromatic carboxylic acids is 1. The van der Waals surface area contributed by atoms with E-state index in [1.54, 1.807) is 6.07 Å². The zero-order valence-corrected chi connectivity index (χ0v) is 11.9. The standard InChI is InChI=1S/C15H17NO2S/c1-3-16(12-6-4-11(2)5-7-12)10-13-8-9-14(19-13)15(17)18/h4-9H,3,10H2,1-2H3,(H,17,18). The predicted octanol–water partition coefficient (Wildman–Crippen LogP) is 3.78. The second-order valence-electron chi connectivity index (χ2n) is 4.42. The molecule has 1 N–H and O–H groups in total. The summed E-state index contributed by atoms with van der Waals surface area (Å²) in [6.07, 6.45) is 0. The third-order valence-electron chi connectivity index (χ3n) is 3.00. The molecule has 0 amide bonds. The maximum atomic E-state index is 10.9. The van der Waals surface area contributed by atoms with Gasteiger partial charge in [-0.2, -0.15) is 0 Å². The zero-order chi connectivity index (χ0) is 13.8. The van der Waals surface area contributed by atoms with Crippen molar-refractivity contribution in [2.24, 2.45) is 0 Å². The van der Waals surface area contributed by atoms with E-state index < -0.39 is 5.97 Å². The molecule has 0 aliphatic rings. The van der Waals surface area contributed by atoms with Crippen LogP contribution in [-0.4, -0.2) is 17.6 Å². The fourth-order valence-electron chi connectivity index (χ4n) is 1.91. The number of carbonyl (C=O) groups is 1. The van der Waals surface area contributed by atoms with E-state index in [1.807, 2.05) is 6.07 Å². The van der Waals surface area contributed by atoms with Crippen LogP contribution in [0.1, 0.15) is 27.0 Å². The van der Waals surface area contributed by atoms with Crippen LogP contribution in [0.15, 0.2) is 36.4 Å². The molecule has 0 saturated carbocycles. The average molecular weight is 275 g/mol. The summed E-state index contributed by atoms with van der Waals surface area (Å²) < 4.78 is 0. The second kappa shape index (κ2) is 5.89. The van der Waals surface area contributed by atoms with Crippen molar-refractivity contribution in [3.05, 3.63) is 51.7 Å². The van der Waals surface area contributed by atoms with E-state index in [2.05, 4.69) is 43.0 Å². The Bertz CT molecular complexity index is 560. The van der Waals surface area contributed by atoms with Crippen LogP contribution < -0.4 is 4.90 Å². The Morgan fingerprint density at radius 1 is 1.21 bits per heavy atom. The minimum Gasteiger partial charge on any atom is -0.477 e. The molecule has 1 aromatic heterocycles. The maximum absolute atomic E-state index is 10.9. The van der Waals surface area contributed by atoms with Crippen LogP contribution in [0.2, 0.25) is 0 Å². The molecular formula is C15H17NO2S. The summed E-state index contributed by atoms with van der Waals surface area (Å²) in [6.45, 7) is 5.81.